The van der Waals surface area contributed by atoms with Crippen LogP contribution in [0, 0.1) is 23.7 Å². The van der Waals surface area contributed by atoms with Crippen LogP contribution in [-0.2, 0) is 65.4 Å². The second-order valence-electron chi connectivity index (χ2n) is 31.3. The lowest BCUT2D eigenvalue weighted by molar-refractivity contribution is -0.161. The highest BCUT2D eigenvalue weighted by Crippen LogP contribution is 2.45. The monoisotopic (exact) mass is 1490 g/mol. The smallest absolute Gasteiger partial charge is 0.462 e. The molecule has 0 aliphatic heterocycles. The maximum Gasteiger partial charge on any atom is 0.472 e. The highest BCUT2D eigenvalue weighted by molar-refractivity contribution is 7.47. The minimum absolute atomic E-state index is 0.102. The molecule has 0 heterocycles. The molecule has 0 aromatic carbocycles. The first-order valence-electron chi connectivity index (χ1n) is 42.8. The topological polar surface area (TPSA) is 237 Å². The Morgan fingerprint density at radius 1 is 0.275 bits per heavy atom. The number of aliphatic hydroxyl groups is 1. The minimum atomic E-state index is -4.96. The van der Waals surface area contributed by atoms with E-state index in [4.69, 9.17) is 37.0 Å². The van der Waals surface area contributed by atoms with Crippen LogP contribution in [0.15, 0.2) is 0 Å². The number of carbonyl (C=O) groups is 4. The molecule has 0 saturated heterocycles. The number of carbonyl (C=O) groups excluding carboxylic acids is 4. The number of unbranched alkanes of at least 4 members (excludes halogenated alkanes) is 44. The minimum Gasteiger partial charge on any atom is -0.462 e. The second-order valence-corrected chi connectivity index (χ2v) is 34.2. The fourth-order valence-electron chi connectivity index (χ4n) is 12.7. The van der Waals surface area contributed by atoms with Crippen LogP contribution in [0.1, 0.15) is 428 Å². The Balaban J connectivity index is 5.05. The van der Waals surface area contributed by atoms with E-state index in [1.165, 1.54) is 225 Å². The van der Waals surface area contributed by atoms with E-state index in [-0.39, 0.29) is 25.7 Å². The zero-order chi connectivity index (χ0) is 75.3. The molecule has 0 rings (SSSR count). The van der Waals surface area contributed by atoms with Crippen LogP contribution >= 0.6 is 15.6 Å². The van der Waals surface area contributed by atoms with Crippen LogP contribution in [-0.4, -0.2) is 96.7 Å². The molecule has 0 fully saturated rings. The number of hydrogen-bond acceptors (Lipinski definition) is 15. The van der Waals surface area contributed by atoms with Gasteiger partial charge in [-0.1, -0.05) is 376 Å². The Morgan fingerprint density at radius 2 is 0.471 bits per heavy atom. The lowest BCUT2D eigenvalue weighted by Gasteiger charge is -2.21. The van der Waals surface area contributed by atoms with E-state index in [9.17, 15) is 43.2 Å². The van der Waals surface area contributed by atoms with Gasteiger partial charge in [-0.2, -0.15) is 0 Å². The van der Waals surface area contributed by atoms with Crippen LogP contribution < -0.4 is 0 Å². The van der Waals surface area contributed by atoms with Gasteiger partial charge in [-0.3, -0.25) is 37.3 Å². The summed E-state index contributed by atoms with van der Waals surface area (Å²) in [6.07, 6.45) is 60.2. The summed E-state index contributed by atoms with van der Waals surface area (Å²) in [6, 6.07) is 0. The highest BCUT2D eigenvalue weighted by atomic mass is 31.2. The van der Waals surface area contributed by atoms with Crippen molar-refractivity contribution >= 4 is 39.5 Å². The van der Waals surface area contributed by atoms with Crippen LogP contribution in [0.25, 0.3) is 0 Å². The van der Waals surface area contributed by atoms with E-state index in [0.29, 0.717) is 37.5 Å². The van der Waals surface area contributed by atoms with Gasteiger partial charge in [-0.15, -0.1) is 0 Å². The van der Waals surface area contributed by atoms with Gasteiger partial charge in [0.25, 0.3) is 0 Å². The van der Waals surface area contributed by atoms with Gasteiger partial charge in [0.2, 0.25) is 0 Å². The van der Waals surface area contributed by atoms with Crippen molar-refractivity contribution in [1.29, 1.82) is 0 Å². The van der Waals surface area contributed by atoms with E-state index in [2.05, 4.69) is 55.4 Å². The molecule has 0 aliphatic carbocycles. The summed E-state index contributed by atoms with van der Waals surface area (Å²) in [4.78, 5) is 72.9. The number of phosphoric ester groups is 2. The molecular weight excluding hydrogens is 1330 g/mol. The summed E-state index contributed by atoms with van der Waals surface area (Å²) in [5, 5.41) is 10.6. The first-order valence-corrected chi connectivity index (χ1v) is 45.8. The summed E-state index contributed by atoms with van der Waals surface area (Å²) in [5.41, 5.74) is 0. The van der Waals surface area contributed by atoms with E-state index in [1.807, 2.05) is 0 Å². The summed E-state index contributed by atoms with van der Waals surface area (Å²) in [6.45, 7) is 14.2. The van der Waals surface area contributed by atoms with Crippen molar-refractivity contribution in [2.75, 3.05) is 39.6 Å². The lowest BCUT2D eigenvalue weighted by atomic mass is 9.99. The second kappa shape index (κ2) is 72.0. The molecular formula is C83H162O17P2. The molecule has 102 heavy (non-hydrogen) atoms. The Labute approximate surface area is 626 Å². The third-order valence-electron chi connectivity index (χ3n) is 20.0. The molecule has 0 aliphatic rings. The number of phosphoric acid groups is 2. The molecule has 0 spiro atoms. The van der Waals surface area contributed by atoms with Crippen molar-refractivity contribution in [2.45, 2.75) is 446 Å². The third-order valence-corrected chi connectivity index (χ3v) is 21.9. The van der Waals surface area contributed by atoms with Gasteiger partial charge in [-0.25, -0.2) is 9.13 Å². The average molecular weight is 1490 g/mol. The molecule has 3 N–H and O–H groups in total. The van der Waals surface area contributed by atoms with Gasteiger partial charge >= 0.3 is 39.5 Å². The van der Waals surface area contributed by atoms with Gasteiger partial charge < -0.3 is 33.8 Å². The maximum absolute atomic E-state index is 13.1. The molecule has 7 atom stereocenters. The standard InChI is InChI=1S/C83H162O17P2/c1-9-75(7)61-53-45-35-31-27-23-19-15-11-13-17-21-25-29-33-37-47-55-63-80(85)93-69-79(100-83(88)66-58-50-42-40-44-52-60-74(5)6)72-98-102(91,92)96-68-77(84)67-95-101(89,90)97-71-78(70-94-81(86)64-56-48-41-39-43-51-59-73(3)4)99-82(87)65-57-49-38-34-30-26-22-18-14-12-16-20-24-28-32-36-46-54-62-76(8)10-2/h73-79,84H,9-72H2,1-8H3,(H,89,90)(H,91,92)/t75?,76?,77-,78+,79+/m0/s1. The summed E-state index contributed by atoms with van der Waals surface area (Å²) < 4.78 is 68.6. The highest BCUT2D eigenvalue weighted by Gasteiger charge is 2.30. The molecule has 0 amide bonds. The van der Waals surface area contributed by atoms with Gasteiger partial charge in [0.05, 0.1) is 26.4 Å². The van der Waals surface area contributed by atoms with Crippen molar-refractivity contribution in [3.8, 4) is 0 Å². The number of rotatable bonds is 80. The van der Waals surface area contributed by atoms with Crippen molar-refractivity contribution in [2.24, 2.45) is 23.7 Å². The fraction of sp³-hybridized carbons (Fsp3) is 0.952. The Kier molecular flexibility index (Phi) is 70.6. The van der Waals surface area contributed by atoms with Crippen LogP contribution in [0.2, 0.25) is 0 Å². The van der Waals surface area contributed by atoms with Crippen molar-refractivity contribution in [1.82, 2.24) is 0 Å². The van der Waals surface area contributed by atoms with Crippen LogP contribution in [0.4, 0.5) is 0 Å². The molecule has 0 radical (unpaired) electrons. The maximum atomic E-state index is 13.1. The molecule has 0 aromatic heterocycles. The molecule has 4 unspecified atom stereocenters. The number of ether oxygens (including phenoxy) is 4. The molecule has 0 bridgehead atoms. The zero-order valence-corrected chi connectivity index (χ0v) is 69.0. The fourth-order valence-corrected chi connectivity index (χ4v) is 14.3. The average Bonchev–Trinajstić information content (AvgIpc) is 0.923. The van der Waals surface area contributed by atoms with Crippen molar-refractivity contribution in [3.63, 3.8) is 0 Å². The van der Waals surface area contributed by atoms with E-state index < -0.39 is 97.5 Å². The normalized spacial score (nSPS) is 14.5. The van der Waals surface area contributed by atoms with Crippen molar-refractivity contribution in [3.05, 3.63) is 0 Å². The van der Waals surface area contributed by atoms with Gasteiger partial charge in [0.15, 0.2) is 12.2 Å². The van der Waals surface area contributed by atoms with Gasteiger partial charge in [0, 0.05) is 25.7 Å². The summed E-state index contributed by atoms with van der Waals surface area (Å²) in [7, 11) is -9.92. The predicted molar refractivity (Wildman–Crippen MR) is 418 cm³/mol. The molecule has 17 nitrogen and oxygen atoms in total. The first kappa shape index (κ1) is 100. The molecule has 606 valence electrons. The SMILES string of the molecule is CCC(C)CCCCCCCCCCCCCCCCCCCCC(=O)OC[C@H](COP(=O)(O)OC[C@@H](O)COP(=O)(O)OC[C@@H](COC(=O)CCCCCCCCC(C)C)OC(=O)CCCCCCCCCCCCCCCCCCCCC(C)CC)OC(=O)CCCCCCCCC(C)C. The Morgan fingerprint density at radius 3 is 0.696 bits per heavy atom. The Bertz CT molecular complexity index is 1990. The molecule has 0 saturated carbocycles. The predicted octanol–water partition coefficient (Wildman–Crippen LogP) is 24.8. The van der Waals surface area contributed by atoms with Gasteiger partial charge in [-0.05, 0) is 49.4 Å². The number of aliphatic hydroxyl groups excluding tert-OH is 1. The van der Waals surface area contributed by atoms with Crippen LogP contribution in [0.5, 0.6) is 0 Å². The van der Waals surface area contributed by atoms with E-state index >= 15 is 0 Å². The quantitative estimate of drug-likeness (QED) is 0.0222. The zero-order valence-electron chi connectivity index (χ0n) is 67.2. The summed E-state index contributed by atoms with van der Waals surface area (Å²) in [5.74, 6) is 0.972. The number of esters is 4. The van der Waals surface area contributed by atoms with E-state index in [0.717, 1.165) is 108 Å². The summed E-state index contributed by atoms with van der Waals surface area (Å²) >= 11 is 0. The third kappa shape index (κ3) is 73.6. The molecule has 0 aromatic rings. The lowest BCUT2D eigenvalue weighted by Crippen LogP contribution is -2.30. The largest absolute Gasteiger partial charge is 0.472 e. The number of hydrogen-bond donors (Lipinski definition) is 3. The van der Waals surface area contributed by atoms with Crippen molar-refractivity contribution < 1.29 is 80.2 Å². The van der Waals surface area contributed by atoms with Crippen LogP contribution in [0.3, 0.4) is 0 Å². The first-order chi connectivity index (χ1) is 49.2. The molecule has 19 heteroatoms. The van der Waals surface area contributed by atoms with E-state index in [1.54, 1.807) is 0 Å². The van der Waals surface area contributed by atoms with Gasteiger partial charge in [0.1, 0.15) is 19.3 Å². The Hall–Kier alpha value is -1.94.